The van der Waals surface area contributed by atoms with Gasteiger partial charge in [0.05, 0.1) is 33.1 Å². The molecule has 5 rings (SSSR count). The molecule has 0 saturated carbocycles. The van der Waals surface area contributed by atoms with E-state index in [0.29, 0.717) is 24.3 Å². The first-order valence-electron chi connectivity index (χ1n) is 13.2. The summed E-state index contributed by atoms with van der Waals surface area (Å²) in [5, 5.41) is 7.84. The van der Waals surface area contributed by atoms with Crippen LogP contribution in [0.4, 0.5) is 5.69 Å². The van der Waals surface area contributed by atoms with Crippen LogP contribution in [0.25, 0.3) is 16.9 Å². The number of benzene rings is 2. The molecule has 2 aromatic carbocycles. The second-order valence-electron chi connectivity index (χ2n) is 9.76. The summed E-state index contributed by atoms with van der Waals surface area (Å²) in [5.74, 6) is 1.37. The first-order chi connectivity index (χ1) is 18.9. The molecular formula is C30H35N5O4. The van der Waals surface area contributed by atoms with Crippen molar-refractivity contribution in [3.05, 3.63) is 71.0 Å². The lowest BCUT2D eigenvalue weighted by Gasteiger charge is -2.26. The zero-order valence-electron chi connectivity index (χ0n) is 23.0. The largest absolute Gasteiger partial charge is 0.497 e. The Kier molecular flexibility index (Phi) is 8.09. The highest BCUT2D eigenvalue weighted by Crippen LogP contribution is 2.33. The molecule has 1 amide bonds. The number of aryl methyl sites for hydroxylation is 2. The van der Waals surface area contributed by atoms with E-state index in [1.807, 2.05) is 54.8 Å². The van der Waals surface area contributed by atoms with Crippen molar-refractivity contribution in [2.24, 2.45) is 0 Å². The number of fused-ring (bicyclic) bond motifs is 1. The number of rotatable bonds is 9. The summed E-state index contributed by atoms with van der Waals surface area (Å²) in [6.45, 7) is 8.37. The molecule has 0 bridgehead atoms. The predicted molar refractivity (Wildman–Crippen MR) is 150 cm³/mol. The molecule has 0 atom stereocenters. The first kappa shape index (κ1) is 26.6. The van der Waals surface area contributed by atoms with Gasteiger partial charge in [0.25, 0.3) is 0 Å². The number of morpholine rings is 1. The lowest BCUT2D eigenvalue weighted by atomic mass is 10.1. The Labute approximate surface area is 228 Å². The molecule has 3 heterocycles. The maximum absolute atomic E-state index is 12.8. The minimum Gasteiger partial charge on any atom is -0.497 e. The molecule has 1 saturated heterocycles. The minimum atomic E-state index is -0.0288. The van der Waals surface area contributed by atoms with Gasteiger partial charge >= 0.3 is 0 Å². The molecule has 1 fully saturated rings. The van der Waals surface area contributed by atoms with Crippen LogP contribution in [-0.4, -0.2) is 65.9 Å². The van der Waals surface area contributed by atoms with Gasteiger partial charge in [0.1, 0.15) is 11.5 Å². The summed E-state index contributed by atoms with van der Waals surface area (Å²) in [6.07, 6.45) is 0.924. The van der Waals surface area contributed by atoms with Crippen molar-refractivity contribution in [2.75, 3.05) is 45.8 Å². The minimum absolute atomic E-state index is 0.0288. The molecule has 204 valence electrons. The molecule has 39 heavy (non-hydrogen) atoms. The molecule has 4 aromatic rings. The van der Waals surface area contributed by atoms with E-state index < -0.39 is 0 Å². The molecule has 0 unspecified atom stereocenters. The second-order valence-corrected chi connectivity index (χ2v) is 9.76. The fourth-order valence-electron chi connectivity index (χ4n) is 5.00. The zero-order chi connectivity index (χ0) is 27.4. The van der Waals surface area contributed by atoms with Gasteiger partial charge in [0, 0.05) is 60.8 Å². The smallest absolute Gasteiger partial charge is 0.224 e. The van der Waals surface area contributed by atoms with E-state index in [0.717, 1.165) is 72.4 Å². The van der Waals surface area contributed by atoms with Gasteiger partial charge < -0.3 is 19.5 Å². The topological polar surface area (TPSA) is 90.2 Å². The normalized spacial score (nSPS) is 13.9. The van der Waals surface area contributed by atoms with Crippen molar-refractivity contribution < 1.29 is 19.0 Å². The summed E-state index contributed by atoms with van der Waals surface area (Å²) in [5.41, 5.74) is 7.29. The maximum Gasteiger partial charge on any atom is 0.224 e. The van der Waals surface area contributed by atoms with Gasteiger partial charge in [-0.3, -0.25) is 9.69 Å². The number of carbonyl (C=O) groups excluding carboxylic acids is 1. The molecule has 0 aliphatic carbocycles. The van der Waals surface area contributed by atoms with E-state index in [2.05, 4.69) is 22.3 Å². The molecule has 1 N–H and O–H groups in total. The Morgan fingerprint density at radius 3 is 2.51 bits per heavy atom. The average Bonchev–Trinajstić information content (AvgIpc) is 3.38. The molecule has 9 heteroatoms. The highest BCUT2D eigenvalue weighted by atomic mass is 16.5. The van der Waals surface area contributed by atoms with Crippen LogP contribution in [-0.2, 0) is 22.5 Å². The van der Waals surface area contributed by atoms with Crippen molar-refractivity contribution in [3.8, 4) is 22.8 Å². The van der Waals surface area contributed by atoms with E-state index in [9.17, 15) is 4.79 Å². The number of nitrogens with zero attached hydrogens (tertiary/aromatic N) is 4. The van der Waals surface area contributed by atoms with Gasteiger partial charge in [-0.1, -0.05) is 12.1 Å². The van der Waals surface area contributed by atoms with E-state index in [1.54, 1.807) is 14.2 Å². The molecule has 0 spiro atoms. The van der Waals surface area contributed by atoms with Gasteiger partial charge in [-0.25, -0.2) is 9.50 Å². The summed E-state index contributed by atoms with van der Waals surface area (Å²) in [7, 11) is 3.26. The SMILES string of the molecule is COc1ccc(-c2cc3nc(C)c(CCC(=O)Nc4ccc(CN5CCOCC5)cc4)c(C)n3n2)c(OC)c1. The van der Waals surface area contributed by atoms with Crippen molar-refractivity contribution >= 4 is 17.2 Å². The number of anilines is 1. The van der Waals surface area contributed by atoms with Crippen LogP contribution in [0.1, 0.15) is 28.9 Å². The fourth-order valence-corrected chi connectivity index (χ4v) is 5.00. The van der Waals surface area contributed by atoms with Crippen molar-refractivity contribution in [1.29, 1.82) is 0 Å². The number of hydrogen-bond acceptors (Lipinski definition) is 7. The van der Waals surface area contributed by atoms with Crippen LogP contribution in [0, 0.1) is 13.8 Å². The summed E-state index contributed by atoms with van der Waals surface area (Å²) in [4.78, 5) is 19.9. The van der Waals surface area contributed by atoms with E-state index >= 15 is 0 Å². The van der Waals surface area contributed by atoms with Crippen molar-refractivity contribution in [2.45, 2.75) is 33.2 Å². The first-order valence-corrected chi connectivity index (χ1v) is 13.2. The quantitative estimate of drug-likeness (QED) is 0.343. The molecular weight excluding hydrogens is 494 g/mol. The number of methoxy groups -OCH3 is 2. The number of nitrogens with one attached hydrogen (secondary N) is 1. The number of ether oxygens (including phenoxy) is 3. The van der Waals surface area contributed by atoms with E-state index in [-0.39, 0.29) is 5.91 Å². The second kappa shape index (κ2) is 11.8. The number of hydrogen-bond donors (Lipinski definition) is 1. The van der Waals surface area contributed by atoms with Crippen LogP contribution in [0.2, 0.25) is 0 Å². The van der Waals surface area contributed by atoms with E-state index in [1.165, 1.54) is 5.56 Å². The number of amides is 1. The highest BCUT2D eigenvalue weighted by Gasteiger charge is 2.17. The maximum atomic E-state index is 12.8. The van der Waals surface area contributed by atoms with E-state index in [4.69, 9.17) is 24.3 Å². The van der Waals surface area contributed by atoms with Gasteiger partial charge in [0.15, 0.2) is 5.65 Å². The van der Waals surface area contributed by atoms with Crippen molar-refractivity contribution in [1.82, 2.24) is 19.5 Å². The zero-order valence-corrected chi connectivity index (χ0v) is 23.0. The summed E-state index contributed by atoms with van der Waals surface area (Å²) >= 11 is 0. The summed E-state index contributed by atoms with van der Waals surface area (Å²) in [6, 6.07) is 15.7. The lowest BCUT2D eigenvalue weighted by molar-refractivity contribution is -0.116. The highest BCUT2D eigenvalue weighted by molar-refractivity contribution is 5.90. The van der Waals surface area contributed by atoms with Gasteiger partial charge in [-0.05, 0) is 55.7 Å². The fraction of sp³-hybridized carbons (Fsp3) is 0.367. The van der Waals surface area contributed by atoms with Gasteiger partial charge in [-0.15, -0.1) is 0 Å². The monoisotopic (exact) mass is 529 g/mol. The Morgan fingerprint density at radius 2 is 1.79 bits per heavy atom. The van der Waals surface area contributed by atoms with Crippen LogP contribution < -0.4 is 14.8 Å². The third kappa shape index (κ3) is 6.05. The Morgan fingerprint density at radius 1 is 1.03 bits per heavy atom. The summed E-state index contributed by atoms with van der Waals surface area (Å²) < 4.78 is 18.1. The van der Waals surface area contributed by atoms with Crippen LogP contribution in [0.15, 0.2) is 48.5 Å². The third-order valence-corrected chi connectivity index (χ3v) is 7.20. The molecule has 1 aliphatic rings. The molecule has 2 aromatic heterocycles. The number of aromatic nitrogens is 3. The van der Waals surface area contributed by atoms with Crippen LogP contribution in [0.3, 0.4) is 0 Å². The predicted octanol–water partition coefficient (Wildman–Crippen LogP) is 4.43. The van der Waals surface area contributed by atoms with Gasteiger partial charge in [0.2, 0.25) is 5.91 Å². The van der Waals surface area contributed by atoms with Crippen molar-refractivity contribution in [3.63, 3.8) is 0 Å². The Balaban J connectivity index is 1.25. The molecule has 9 nitrogen and oxygen atoms in total. The Hall–Kier alpha value is -3.95. The Bertz CT molecular complexity index is 1460. The standard InChI is InChI=1S/C30H35N5O4/c1-20-25(11-12-30(36)32-23-7-5-22(6-8-23)19-34-13-15-39-16-14-34)21(2)35-29(31-20)18-27(33-35)26-10-9-24(37-3)17-28(26)38-4/h5-10,17-18H,11-16,19H2,1-4H3,(H,32,36). The average molecular weight is 530 g/mol. The molecule has 0 radical (unpaired) electrons. The van der Waals surface area contributed by atoms with Crippen LogP contribution in [0.5, 0.6) is 11.5 Å². The van der Waals surface area contributed by atoms with Crippen LogP contribution >= 0.6 is 0 Å². The lowest BCUT2D eigenvalue weighted by Crippen LogP contribution is -2.35. The number of carbonyl (C=O) groups is 1. The molecule has 1 aliphatic heterocycles. The van der Waals surface area contributed by atoms with Gasteiger partial charge in [-0.2, -0.15) is 5.10 Å². The third-order valence-electron chi connectivity index (χ3n) is 7.20.